The number of rotatable bonds is 11. The van der Waals surface area contributed by atoms with Crippen LogP contribution in [0, 0.1) is 0 Å². The highest BCUT2D eigenvalue weighted by molar-refractivity contribution is 6.09. The van der Waals surface area contributed by atoms with Gasteiger partial charge in [0.25, 0.3) is 5.91 Å². The Hall–Kier alpha value is -3.12. The van der Waals surface area contributed by atoms with Crippen molar-refractivity contribution < 1.29 is 19.4 Å². The van der Waals surface area contributed by atoms with Gasteiger partial charge in [-0.25, -0.2) is 0 Å². The first-order valence-corrected chi connectivity index (χ1v) is 11.2. The SMILES string of the molecule is CCN(CC)c1ccc(C2C(C(=O)CCc3ccccc3)=C(O)C(=O)N2CCOC)cc1. The lowest BCUT2D eigenvalue weighted by molar-refractivity contribution is -0.130. The van der Waals surface area contributed by atoms with Gasteiger partial charge >= 0.3 is 0 Å². The van der Waals surface area contributed by atoms with E-state index in [4.69, 9.17) is 4.74 Å². The minimum Gasteiger partial charge on any atom is -0.503 e. The number of carbonyl (C=O) groups excluding carboxylic acids is 2. The molecule has 3 rings (SSSR count). The lowest BCUT2D eigenvalue weighted by Gasteiger charge is -2.27. The molecule has 0 fully saturated rings. The number of ketones is 1. The fraction of sp³-hybridized carbons (Fsp3) is 0.385. The first-order chi connectivity index (χ1) is 15.5. The molecule has 0 spiro atoms. The number of aliphatic hydroxyl groups excluding tert-OH is 1. The second-order valence-corrected chi connectivity index (χ2v) is 7.83. The number of amides is 1. The van der Waals surface area contributed by atoms with E-state index < -0.39 is 17.7 Å². The molecule has 2 aromatic carbocycles. The zero-order valence-electron chi connectivity index (χ0n) is 19.1. The summed E-state index contributed by atoms with van der Waals surface area (Å²) in [5.41, 5.74) is 3.10. The van der Waals surface area contributed by atoms with Crippen molar-refractivity contribution in [2.24, 2.45) is 0 Å². The molecule has 0 radical (unpaired) electrons. The van der Waals surface area contributed by atoms with Gasteiger partial charge in [-0.15, -0.1) is 0 Å². The Labute approximate surface area is 190 Å². The van der Waals surface area contributed by atoms with Gasteiger partial charge in [-0.05, 0) is 43.5 Å². The Morgan fingerprint density at radius 2 is 1.72 bits per heavy atom. The van der Waals surface area contributed by atoms with E-state index in [2.05, 4.69) is 18.7 Å². The average molecular weight is 437 g/mol. The molecule has 170 valence electrons. The van der Waals surface area contributed by atoms with Crippen LogP contribution in [0.25, 0.3) is 0 Å². The van der Waals surface area contributed by atoms with Gasteiger partial charge < -0.3 is 19.6 Å². The molecule has 1 unspecified atom stereocenters. The number of aliphatic hydroxyl groups is 1. The second-order valence-electron chi connectivity index (χ2n) is 7.83. The minimum absolute atomic E-state index is 0.178. The maximum atomic E-state index is 13.2. The first-order valence-electron chi connectivity index (χ1n) is 11.2. The third-order valence-electron chi connectivity index (χ3n) is 5.96. The van der Waals surface area contributed by atoms with E-state index >= 15 is 0 Å². The van der Waals surface area contributed by atoms with E-state index in [0.717, 1.165) is 29.9 Å². The van der Waals surface area contributed by atoms with Crippen LogP contribution in [0.3, 0.4) is 0 Å². The number of aryl methyl sites for hydroxylation is 1. The minimum atomic E-state index is -0.619. The van der Waals surface area contributed by atoms with Crippen molar-refractivity contribution in [3.05, 3.63) is 77.1 Å². The zero-order valence-corrected chi connectivity index (χ0v) is 19.1. The third-order valence-corrected chi connectivity index (χ3v) is 5.96. The molecule has 1 heterocycles. The van der Waals surface area contributed by atoms with Crippen molar-refractivity contribution >= 4 is 17.4 Å². The summed E-state index contributed by atoms with van der Waals surface area (Å²) in [5.74, 6) is -1.18. The van der Waals surface area contributed by atoms with Crippen molar-refractivity contribution in [3.63, 3.8) is 0 Å². The van der Waals surface area contributed by atoms with E-state index in [1.807, 2.05) is 54.6 Å². The Morgan fingerprint density at radius 1 is 1.06 bits per heavy atom. The molecule has 0 aromatic heterocycles. The van der Waals surface area contributed by atoms with Gasteiger partial charge in [-0.2, -0.15) is 0 Å². The smallest absolute Gasteiger partial charge is 0.290 e. The number of ether oxygens (including phenoxy) is 1. The first kappa shape index (κ1) is 23.5. The van der Waals surface area contributed by atoms with Gasteiger partial charge in [-0.1, -0.05) is 42.5 Å². The summed E-state index contributed by atoms with van der Waals surface area (Å²) < 4.78 is 5.17. The summed E-state index contributed by atoms with van der Waals surface area (Å²) in [6, 6.07) is 17.0. The van der Waals surface area contributed by atoms with Crippen LogP contribution in [0.5, 0.6) is 0 Å². The molecule has 32 heavy (non-hydrogen) atoms. The number of nitrogens with zero attached hydrogens (tertiary/aromatic N) is 2. The largest absolute Gasteiger partial charge is 0.503 e. The maximum Gasteiger partial charge on any atom is 0.290 e. The normalized spacial score (nSPS) is 16.0. The molecule has 1 N–H and O–H groups in total. The molecule has 1 amide bonds. The van der Waals surface area contributed by atoms with E-state index in [1.54, 1.807) is 7.11 Å². The molecule has 2 aromatic rings. The quantitative estimate of drug-likeness (QED) is 0.575. The molecule has 1 aliphatic rings. The van der Waals surface area contributed by atoms with Gasteiger partial charge in [0.15, 0.2) is 11.5 Å². The van der Waals surface area contributed by atoms with Crippen LogP contribution >= 0.6 is 0 Å². The molecular formula is C26H32N2O4. The lowest BCUT2D eigenvalue weighted by atomic mass is 9.93. The van der Waals surface area contributed by atoms with Gasteiger partial charge in [0, 0.05) is 38.9 Å². The Bertz CT molecular complexity index is 950. The highest BCUT2D eigenvalue weighted by Crippen LogP contribution is 2.38. The van der Waals surface area contributed by atoms with Crippen LogP contribution in [0.15, 0.2) is 65.9 Å². The second kappa shape index (κ2) is 11.0. The highest BCUT2D eigenvalue weighted by atomic mass is 16.5. The van der Waals surface area contributed by atoms with E-state index in [-0.39, 0.29) is 24.3 Å². The number of methoxy groups -OCH3 is 1. The summed E-state index contributed by atoms with van der Waals surface area (Å²) >= 11 is 0. The Balaban J connectivity index is 1.90. The van der Waals surface area contributed by atoms with Gasteiger partial charge in [0.2, 0.25) is 0 Å². The van der Waals surface area contributed by atoms with Crippen LogP contribution in [-0.2, 0) is 20.7 Å². The predicted molar refractivity (Wildman–Crippen MR) is 126 cm³/mol. The molecule has 0 bridgehead atoms. The van der Waals surface area contributed by atoms with Crippen LogP contribution in [0.4, 0.5) is 5.69 Å². The average Bonchev–Trinajstić information content (AvgIpc) is 3.08. The Morgan fingerprint density at radius 3 is 2.31 bits per heavy atom. The van der Waals surface area contributed by atoms with Crippen LogP contribution in [-0.4, -0.2) is 55.0 Å². The summed E-state index contributed by atoms with van der Waals surface area (Å²) in [6.45, 7) is 6.59. The van der Waals surface area contributed by atoms with E-state index in [0.29, 0.717) is 13.0 Å². The predicted octanol–water partition coefficient (Wildman–Crippen LogP) is 4.08. The van der Waals surface area contributed by atoms with Crippen molar-refractivity contribution in [1.29, 1.82) is 0 Å². The highest BCUT2D eigenvalue weighted by Gasteiger charge is 2.42. The molecule has 1 atom stereocenters. The van der Waals surface area contributed by atoms with Crippen LogP contribution < -0.4 is 4.90 Å². The van der Waals surface area contributed by atoms with Crippen molar-refractivity contribution in [1.82, 2.24) is 4.90 Å². The standard InChI is InChI=1S/C26H32N2O4/c1-4-27(5-2)21-14-12-20(13-15-21)24-23(25(30)26(31)28(24)17-18-32-3)22(29)16-11-19-9-7-6-8-10-19/h6-10,12-15,24,30H,4-5,11,16-18H2,1-3H3. The Kier molecular flexibility index (Phi) is 8.06. The third kappa shape index (κ3) is 5.02. The zero-order chi connectivity index (χ0) is 23.1. The van der Waals surface area contributed by atoms with Gasteiger partial charge in [-0.3, -0.25) is 9.59 Å². The summed E-state index contributed by atoms with van der Waals surface area (Å²) in [6.07, 6.45) is 0.777. The fourth-order valence-corrected chi connectivity index (χ4v) is 4.20. The van der Waals surface area contributed by atoms with Crippen molar-refractivity contribution in [3.8, 4) is 0 Å². The van der Waals surface area contributed by atoms with Gasteiger partial charge in [0.05, 0.1) is 18.2 Å². The van der Waals surface area contributed by atoms with Crippen LogP contribution in [0.2, 0.25) is 0 Å². The molecule has 0 aliphatic carbocycles. The van der Waals surface area contributed by atoms with Crippen LogP contribution in [0.1, 0.15) is 37.4 Å². The molecular weight excluding hydrogens is 404 g/mol. The maximum absolute atomic E-state index is 13.2. The molecule has 6 nitrogen and oxygen atoms in total. The lowest BCUT2D eigenvalue weighted by Crippen LogP contribution is -2.34. The monoisotopic (exact) mass is 436 g/mol. The van der Waals surface area contributed by atoms with E-state index in [9.17, 15) is 14.7 Å². The molecule has 0 saturated heterocycles. The van der Waals surface area contributed by atoms with Gasteiger partial charge in [0.1, 0.15) is 0 Å². The molecule has 6 heteroatoms. The number of Topliss-reactive ketones (excluding diaryl/α,β-unsaturated/α-hetero) is 1. The molecule has 1 aliphatic heterocycles. The number of hydrogen-bond acceptors (Lipinski definition) is 5. The fourth-order valence-electron chi connectivity index (χ4n) is 4.20. The van der Waals surface area contributed by atoms with E-state index in [1.165, 1.54) is 4.90 Å². The summed E-state index contributed by atoms with van der Waals surface area (Å²) in [5, 5.41) is 10.7. The summed E-state index contributed by atoms with van der Waals surface area (Å²) in [4.78, 5) is 29.8. The molecule has 0 saturated carbocycles. The topological polar surface area (TPSA) is 70.1 Å². The van der Waals surface area contributed by atoms with Crippen molar-refractivity contribution in [2.75, 3.05) is 38.3 Å². The summed E-state index contributed by atoms with van der Waals surface area (Å²) in [7, 11) is 1.56. The van der Waals surface area contributed by atoms with Crippen molar-refractivity contribution in [2.45, 2.75) is 32.7 Å². The number of anilines is 1. The number of hydrogen-bond donors (Lipinski definition) is 1. The number of benzene rings is 2. The number of carbonyl (C=O) groups is 2.